The number of esters is 1. The molecule has 1 aromatic heterocycles. The number of methoxy groups -OCH3 is 1. The Morgan fingerprint density at radius 1 is 1.09 bits per heavy atom. The van der Waals surface area contributed by atoms with Gasteiger partial charge in [-0.1, -0.05) is 31.1 Å². The zero-order valence-electron chi connectivity index (χ0n) is 19.2. The number of hydrogen-bond donors (Lipinski definition) is 1. The van der Waals surface area contributed by atoms with Gasteiger partial charge in [0.1, 0.15) is 23.2 Å². The number of benzene rings is 2. The van der Waals surface area contributed by atoms with Crippen molar-refractivity contribution in [1.29, 1.82) is 0 Å². The van der Waals surface area contributed by atoms with Crippen molar-refractivity contribution in [1.82, 2.24) is 10.5 Å². The summed E-state index contributed by atoms with van der Waals surface area (Å²) in [7, 11) is 1.60. The first-order valence-electron chi connectivity index (χ1n) is 10.7. The number of nitrogens with one attached hydrogen (secondary N) is 1. The Morgan fingerprint density at radius 2 is 1.82 bits per heavy atom. The number of nitrogens with zero attached hydrogens (tertiary/aromatic N) is 1. The first-order valence-corrected chi connectivity index (χ1v) is 10.7. The molecule has 3 aromatic rings. The normalized spacial score (nSPS) is 11.7. The Morgan fingerprint density at radius 3 is 2.48 bits per heavy atom. The average molecular weight is 453 g/mol. The highest BCUT2D eigenvalue weighted by Gasteiger charge is 2.27. The second kappa shape index (κ2) is 11.2. The quantitative estimate of drug-likeness (QED) is 0.459. The van der Waals surface area contributed by atoms with Gasteiger partial charge in [-0.3, -0.25) is 4.79 Å². The predicted octanol–water partition coefficient (Wildman–Crippen LogP) is 4.25. The molecule has 0 aliphatic rings. The second-order valence-electron chi connectivity index (χ2n) is 7.64. The van der Waals surface area contributed by atoms with Crippen LogP contribution in [0.2, 0.25) is 0 Å². The third-order valence-corrected chi connectivity index (χ3v) is 4.94. The molecule has 0 spiro atoms. The zero-order chi connectivity index (χ0) is 23.8. The maximum Gasteiger partial charge on any atom is 0.329 e. The summed E-state index contributed by atoms with van der Waals surface area (Å²) in [6, 6.07) is 15.1. The number of amides is 1. The van der Waals surface area contributed by atoms with Gasteiger partial charge in [0.2, 0.25) is 0 Å². The van der Waals surface area contributed by atoms with E-state index in [-0.39, 0.29) is 12.5 Å². The molecule has 0 radical (unpaired) electrons. The molecule has 0 saturated carbocycles. The molecule has 3 rings (SSSR count). The Bertz CT molecular complexity index is 1070. The zero-order valence-corrected chi connectivity index (χ0v) is 19.2. The SMILES string of the molecule is CCOc1ccccc1C(=O)N[C@H](C(=O)OCc1cc(-c2ccc(OC)cc2)no1)C(C)C. The molecule has 0 fully saturated rings. The Balaban J connectivity index is 1.63. The van der Waals surface area contributed by atoms with Crippen molar-refractivity contribution < 1.29 is 28.3 Å². The maximum absolute atomic E-state index is 12.8. The van der Waals surface area contributed by atoms with E-state index in [0.29, 0.717) is 29.4 Å². The topological polar surface area (TPSA) is 99.9 Å². The fourth-order valence-electron chi connectivity index (χ4n) is 3.16. The second-order valence-corrected chi connectivity index (χ2v) is 7.64. The van der Waals surface area contributed by atoms with Gasteiger partial charge in [-0.25, -0.2) is 4.79 Å². The average Bonchev–Trinajstić information content (AvgIpc) is 3.30. The van der Waals surface area contributed by atoms with Crippen LogP contribution in [0.3, 0.4) is 0 Å². The van der Waals surface area contributed by atoms with Gasteiger partial charge in [-0.15, -0.1) is 0 Å². The van der Waals surface area contributed by atoms with Crippen LogP contribution in [0.1, 0.15) is 36.9 Å². The Kier molecular flexibility index (Phi) is 8.07. The van der Waals surface area contributed by atoms with Crippen LogP contribution in [0.15, 0.2) is 59.1 Å². The minimum Gasteiger partial charge on any atom is -0.497 e. The molecular weight excluding hydrogens is 424 g/mol. The molecule has 0 bridgehead atoms. The lowest BCUT2D eigenvalue weighted by Gasteiger charge is -2.21. The summed E-state index contributed by atoms with van der Waals surface area (Å²) in [6.07, 6.45) is 0. The lowest BCUT2D eigenvalue weighted by atomic mass is 10.0. The van der Waals surface area contributed by atoms with Crippen molar-refractivity contribution in [2.24, 2.45) is 5.92 Å². The van der Waals surface area contributed by atoms with Crippen LogP contribution in [0.25, 0.3) is 11.3 Å². The van der Waals surface area contributed by atoms with Crippen molar-refractivity contribution in [2.45, 2.75) is 33.4 Å². The van der Waals surface area contributed by atoms with E-state index in [9.17, 15) is 9.59 Å². The van der Waals surface area contributed by atoms with Crippen LogP contribution in [-0.2, 0) is 16.1 Å². The van der Waals surface area contributed by atoms with Crippen LogP contribution in [0, 0.1) is 5.92 Å². The molecule has 0 aliphatic heterocycles. The van der Waals surface area contributed by atoms with Crippen LogP contribution in [-0.4, -0.2) is 36.8 Å². The van der Waals surface area contributed by atoms with Gasteiger partial charge in [0.15, 0.2) is 12.4 Å². The van der Waals surface area contributed by atoms with Crippen LogP contribution in [0.4, 0.5) is 0 Å². The number of carbonyl (C=O) groups excluding carboxylic acids is 2. The smallest absolute Gasteiger partial charge is 0.329 e. The molecule has 8 heteroatoms. The van der Waals surface area contributed by atoms with Crippen molar-refractivity contribution >= 4 is 11.9 Å². The van der Waals surface area contributed by atoms with Gasteiger partial charge in [0.25, 0.3) is 5.91 Å². The Hall–Kier alpha value is -3.81. The number of para-hydroxylation sites is 1. The molecule has 1 N–H and O–H groups in total. The number of ether oxygens (including phenoxy) is 3. The fourth-order valence-corrected chi connectivity index (χ4v) is 3.16. The van der Waals surface area contributed by atoms with Gasteiger partial charge in [-0.2, -0.15) is 0 Å². The Labute approximate surface area is 192 Å². The third kappa shape index (κ3) is 6.12. The van der Waals surface area contributed by atoms with Crippen LogP contribution >= 0.6 is 0 Å². The summed E-state index contributed by atoms with van der Waals surface area (Å²) in [5, 5.41) is 6.78. The molecule has 0 unspecified atom stereocenters. The van der Waals surface area contributed by atoms with E-state index in [4.69, 9.17) is 18.7 Å². The van der Waals surface area contributed by atoms with E-state index in [1.54, 1.807) is 37.4 Å². The highest BCUT2D eigenvalue weighted by atomic mass is 16.6. The molecule has 1 atom stereocenters. The van der Waals surface area contributed by atoms with E-state index in [2.05, 4.69) is 10.5 Å². The molecule has 1 amide bonds. The van der Waals surface area contributed by atoms with E-state index >= 15 is 0 Å². The standard InChI is InChI=1S/C25H28N2O6/c1-5-31-22-9-7-6-8-20(22)24(28)26-23(16(2)3)25(29)32-15-19-14-21(27-33-19)17-10-12-18(30-4)13-11-17/h6-14,16,23H,5,15H2,1-4H3,(H,26,28)/t23-/m0/s1. The van der Waals surface area contributed by atoms with Gasteiger partial charge in [0, 0.05) is 11.6 Å². The van der Waals surface area contributed by atoms with Crippen molar-refractivity contribution in [3.63, 3.8) is 0 Å². The summed E-state index contributed by atoms with van der Waals surface area (Å²) in [4.78, 5) is 25.5. The molecule has 174 valence electrons. The minimum atomic E-state index is -0.837. The largest absolute Gasteiger partial charge is 0.497 e. The van der Waals surface area contributed by atoms with Crippen molar-refractivity contribution in [3.8, 4) is 22.8 Å². The summed E-state index contributed by atoms with van der Waals surface area (Å²) in [5.74, 6) is 0.434. The van der Waals surface area contributed by atoms with Crippen LogP contribution < -0.4 is 14.8 Å². The summed E-state index contributed by atoms with van der Waals surface area (Å²) < 4.78 is 21.4. The monoisotopic (exact) mass is 452 g/mol. The third-order valence-electron chi connectivity index (χ3n) is 4.94. The number of hydrogen-bond acceptors (Lipinski definition) is 7. The lowest BCUT2D eigenvalue weighted by molar-refractivity contribution is -0.149. The summed E-state index contributed by atoms with van der Waals surface area (Å²) in [6.45, 7) is 5.83. The summed E-state index contributed by atoms with van der Waals surface area (Å²) in [5.41, 5.74) is 1.82. The molecule has 0 saturated heterocycles. The fraction of sp³-hybridized carbons (Fsp3) is 0.320. The molecule has 8 nitrogen and oxygen atoms in total. The van der Waals surface area contributed by atoms with Gasteiger partial charge in [-0.05, 0) is 49.2 Å². The van der Waals surface area contributed by atoms with Crippen molar-refractivity contribution in [3.05, 3.63) is 65.9 Å². The number of carbonyl (C=O) groups is 2. The first-order chi connectivity index (χ1) is 15.9. The van der Waals surface area contributed by atoms with Gasteiger partial charge >= 0.3 is 5.97 Å². The minimum absolute atomic E-state index is 0.101. The van der Waals surface area contributed by atoms with Gasteiger partial charge in [0.05, 0.1) is 19.3 Å². The predicted molar refractivity (Wildman–Crippen MR) is 122 cm³/mol. The van der Waals surface area contributed by atoms with E-state index in [0.717, 1.165) is 11.3 Å². The van der Waals surface area contributed by atoms with E-state index in [1.165, 1.54) is 0 Å². The highest BCUT2D eigenvalue weighted by molar-refractivity contribution is 5.99. The first kappa shape index (κ1) is 23.8. The molecule has 1 heterocycles. The number of aromatic nitrogens is 1. The highest BCUT2D eigenvalue weighted by Crippen LogP contribution is 2.23. The molecule has 2 aromatic carbocycles. The number of rotatable bonds is 10. The van der Waals surface area contributed by atoms with E-state index < -0.39 is 17.9 Å². The lowest BCUT2D eigenvalue weighted by Crippen LogP contribution is -2.45. The summed E-state index contributed by atoms with van der Waals surface area (Å²) >= 11 is 0. The maximum atomic E-state index is 12.8. The van der Waals surface area contributed by atoms with Crippen LogP contribution in [0.5, 0.6) is 11.5 Å². The van der Waals surface area contributed by atoms with Gasteiger partial charge < -0.3 is 24.1 Å². The molecule has 33 heavy (non-hydrogen) atoms. The molecule has 0 aliphatic carbocycles. The van der Waals surface area contributed by atoms with Crippen molar-refractivity contribution in [2.75, 3.05) is 13.7 Å². The van der Waals surface area contributed by atoms with E-state index in [1.807, 2.05) is 45.0 Å². The molecular formula is C25H28N2O6.